The summed E-state index contributed by atoms with van der Waals surface area (Å²) in [7, 11) is 0. The monoisotopic (exact) mass is 244 g/mol. The lowest BCUT2D eigenvalue weighted by atomic mass is 10.2. The van der Waals surface area contributed by atoms with Crippen molar-refractivity contribution in [2.45, 2.75) is 52.7 Å². The van der Waals surface area contributed by atoms with E-state index in [-0.39, 0.29) is 18.4 Å². The Bertz CT molecular complexity index is 259. The number of nitrogens with one attached hydrogen (secondary N) is 2. The number of amides is 1. The van der Waals surface area contributed by atoms with Gasteiger partial charge in [-0.3, -0.25) is 14.9 Å². The van der Waals surface area contributed by atoms with Gasteiger partial charge >= 0.3 is 5.97 Å². The Labute approximate surface area is 103 Å². The highest BCUT2D eigenvalue weighted by Gasteiger charge is 2.18. The van der Waals surface area contributed by atoms with Crippen molar-refractivity contribution in [2.24, 2.45) is 0 Å². The summed E-state index contributed by atoms with van der Waals surface area (Å²) in [6.07, 6.45) is 0.893. The zero-order valence-corrected chi connectivity index (χ0v) is 11.4. The van der Waals surface area contributed by atoms with E-state index in [9.17, 15) is 9.59 Å². The van der Waals surface area contributed by atoms with Crippen molar-refractivity contribution in [3.8, 4) is 0 Å². The second-order valence-electron chi connectivity index (χ2n) is 4.98. The zero-order chi connectivity index (χ0) is 13.5. The minimum absolute atomic E-state index is 0.0397. The Morgan fingerprint density at radius 3 is 2.35 bits per heavy atom. The average Bonchev–Trinajstić information content (AvgIpc) is 2.20. The van der Waals surface area contributed by atoms with Gasteiger partial charge in [0.1, 0.15) is 5.60 Å². The third-order valence-corrected chi connectivity index (χ3v) is 1.92. The molecule has 0 aromatic heterocycles. The fraction of sp³-hybridized carbons (Fsp3) is 0.833. The van der Waals surface area contributed by atoms with E-state index in [4.69, 9.17) is 4.74 Å². The van der Waals surface area contributed by atoms with E-state index in [1.807, 2.05) is 27.7 Å². The number of ether oxygens (including phenoxy) is 1. The molecule has 1 unspecified atom stereocenters. The van der Waals surface area contributed by atoms with Gasteiger partial charge in [0.25, 0.3) is 0 Å². The van der Waals surface area contributed by atoms with Crippen LogP contribution < -0.4 is 10.6 Å². The van der Waals surface area contributed by atoms with Crippen LogP contribution in [0.3, 0.4) is 0 Å². The highest BCUT2D eigenvalue weighted by Crippen LogP contribution is 2.06. The van der Waals surface area contributed by atoms with Gasteiger partial charge in [0.15, 0.2) is 0 Å². The maximum atomic E-state index is 11.5. The molecule has 5 nitrogen and oxygen atoms in total. The van der Waals surface area contributed by atoms with Crippen molar-refractivity contribution in [1.82, 2.24) is 10.6 Å². The first kappa shape index (κ1) is 15.9. The largest absolute Gasteiger partial charge is 0.459 e. The minimum Gasteiger partial charge on any atom is -0.459 e. The van der Waals surface area contributed by atoms with Gasteiger partial charge in [0.05, 0.1) is 12.6 Å². The first-order valence-corrected chi connectivity index (χ1v) is 5.99. The van der Waals surface area contributed by atoms with Gasteiger partial charge in [-0.25, -0.2) is 0 Å². The molecule has 0 radical (unpaired) electrons. The van der Waals surface area contributed by atoms with Crippen molar-refractivity contribution in [3.05, 3.63) is 0 Å². The molecule has 0 bridgehead atoms. The molecule has 1 amide bonds. The molecule has 17 heavy (non-hydrogen) atoms. The van der Waals surface area contributed by atoms with Gasteiger partial charge in [0, 0.05) is 6.54 Å². The van der Waals surface area contributed by atoms with Crippen LogP contribution in [0.4, 0.5) is 0 Å². The fourth-order valence-electron chi connectivity index (χ4n) is 1.11. The summed E-state index contributed by atoms with van der Waals surface area (Å²) < 4.78 is 5.12. The normalized spacial score (nSPS) is 13.0. The van der Waals surface area contributed by atoms with Gasteiger partial charge in [-0.15, -0.1) is 0 Å². The van der Waals surface area contributed by atoms with E-state index in [1.165, 1.54) is 0 Å². The molecule has 0 aliphatic carbocycles. The van der Waals surface area contributed by atoms with Crippen LogP contribution in [0.1, 0.15) is 41.0 Å². The molecule has 0 aromatic carbocycles. The molecule has 0 aliphatic heterocycles. The Balaban J connectivity index is 3.87. The van der Waals surface area contributed by atoms with Crippen LogP contribution in [0.5, 0.6) is 0 Å². The number of esters is 1. The second kappa shape index (κ2) is 7.27. The SMILES string of the molecule is CCCNC(=O)C(C)NCC(=O)OC(C)(C)C. The Kier molecular flexibility index (Phi) is 6.80. The van der Waals surface area contributed by atoms with E-state index < -0.39 is 11.6 Å². The third-order valence-electron chi connectivity index (χ3n) is 1.92. The van der Waals surface area contributed by atoms with Crippen LogP contribution in [-0.4, -0.2) is 36.6 Å². The van der Waals surface area contributed by atoms with Crippen molar-refractivity contribution in [2.75, 3.05) is 13.1 Å². The molecule has 5 heteroatoms. The van der Waals surface area contributed by atoms with Crippen molar-refractivity contribution in [1.29, 1.82) is 0 Å². The van der Waals surface area contributed by atoms with Crippen molar-refractivity contribution >= 4 is 11.9 Å². The summed E-state index contributed by atoms with van der Waals surface area (Å²) in [6, 6.07) is -0.394. The number of hydrogen-bond acceptors (Lipinski definition) is 4. The Hall–Kier alpha value is -1.10. The molecule has 0 saturated carbocycles. The topological polar surface area (TPSA) is 67.4 Å². The molecule has 1 atom stereocenters. The lowest BCUT2D eigenvalue weighted by Crippen LogP contribution is -2.45. The minimum atomic E-state index is -0.494. The number of carbonyl (C=O) groups excluding carboxylic acids is 2. The molecule has 0 aromatic rings. The van der Waals surface area contributed by atoms with Crippen LogP contribution >= 0.6 is 0 Å². The maximum Gasteiger partial charge on any atom is 0.320 e. The zero-order valence-electron chi connectivity index (χ0n) is 11.4. The summed E-state index contributed by atoms with van der Waals surface area (Å²) in [6.45, 7) is 9.82. The predicted octanol–water partition coefficient (Wildman–Crippen LogP) is 0.832. The first-order chi connectivity index (χ1) is 7.76. The highest BCUT2D eigenvalue weighted by atomic mass is 16.6. The van der Waals surface area contributed by atoms with Crippen molar-refractivity contribution in [3.63, 3.8) is 0 Å². The molecule has 0 spiro atoms. The van der Waals surface area contributed by atoms with Gasteiger partial charge in [-0.1, -0.05) is 6.92 Å². The molecule has 0 fully saturated rings. The molecule has 0 rings (SSSR count). The van der Waals surface area contributed by atoms with Gasteiger partial charge in [0.2, 0.25) is 5.91 Å². The van der Waals surface area contributed by atoms with E-state index in [0.717, 1.165) is 6.42 Å². The number of carbonyl (C=O) groups is 2. The second-order valence-corrected chi connectivity index (χ2v) is 4.98. The van der Waals surface area contributed by atoms with E-state index in [1.54, 1.807) is 6.92 Å². The standard InChI is InChI=1S/C12H24N2O3/c1-6-7-13-11(16)9(2)14-8-10(15)17-12(3,4)5/h9,14H,6-8H2,1-5H3,(H,13,16). The third kappa shape index (κ3) is 8.68. The Morgan fingerprint density at radius 2 is 1.88 bits per heavy atom. The van der Waals surface area contributed by atoms with Crippen LogP contribution in [-0.2, 0) is 14.3 Å². The van der Waals surface area contributed by atoms with Crippen LogP contribution in [0.15, 0.2) is 0 Å². The van der Waals surface area contributed by atoms with Gasteiger partial charge in [-0.2, -0.15) is 0 Å². The first-order valence-electron chi connectivity index (χ1n) is 5.99. The van der Waals surface area contributed by atoms with Crippen LogP contribution in [0, 0.1) is 0 Å². The molecule has 100 valence electrons. The van der Waals surface area contributed by atoms with E-state index in [2.05, 4.69) is 10.6 Å². The van der Waals surface area contributed by atoms with Crippen molar-refractivity contribution < 1.29 is 14.3 Å². The average molecular weight is 244 g/mol. The fourth-order valence-corrected chi connectivity index (χ4v) is 1.11. The molecule has 0 saturated heterocycles. The summed E-state index contributed by atoms with van der Waals surface area (Å²) >= 11 is 0. The van der Waals surface area contributed by atoms with Gasteiger partial charge in [-0.05, 0) is 34.1 Å². The molecule has 2 N–H and O–H groups in total. The van der Waals surface area contributed by atoms with Crippen LogP contribution in [0.25, 0.3) is 0 Å². The van der Waals surface area contributed by atoms with Gasteiger partial charge < -0.3 is 10.1 Å². The predicted molar refractivity (Wildman–Crippen MR) is 66.6 cm³/mol. The molecule has 0 heterocycles. The van der Waals surface area contributed by atoms with E-state index >= 15 is 0 Å². The summed E-state index contributed by atoms with van der Waals surface area (Å²) in [5.74, 6) is -0.456. The summed E-state index contributed by atoms with van der Waals surface area (Å²) in [4.78, 5) is 22.9. The number of rotatable bonds is 6. The lowest BCUT2D eigenvalue weighted by Gasteiger charge is -2.20. The maximum absolute atomic E-state index is 11.5. The Morgan fingerprint density at radius 1 is 1.29 bits per heavy atom. The van der Waals surface area contributed by atoms with Crippen LogP contribution in [0.2, 0.25) is 0 Å². The quantitative estimate of drug-likeness (QED) is 0.679. The summed E-state index contributed by atoms with van der Waals surface area (Å²) in [5, 5.41) is 5.58. The lowest BCUT2D eigenvalue weighted by molar-refractivity contribution is -0.153. The number of hydrogen-bond donors (Lipinski definition) is 2. The van der Waals surface area contributed by atoms with E-state index in [0.29, 0.717) is 6.54 Å². The molecular formula is C12H24N2O3. The molecule has 0 aliphatic rings. The highest BCUT2D eigenvalue weighted by molar-refractivity contribution is 5.82. The molecular weight excluding hydrogens is 220 g/mol. The summed E-state index contributed by atoms with van der Waals surface area (Å²) in [5.41, 5.74) is -0.494. The smallest absolute Gasteiger partial charge is 0.320 e.